The van der Waals surface area contributed by atoms with Crippen molar-refractivity contribution in [3.05, 3.63) is 65.5 Å². The molecule has 23 heavy (non-hydrogen) atoms. The summed E-state index contributed by atoms with van der Waals surface area (Å²) in [4.78, 5) is 2.06. The average molecular weight is 336 g/mol. The summed E-state index contributed by atoms with van der Waals surface area (Å²) in [7, 11) is 0.108. The van der Waals surface area contributed by atoms with E-state index in [1.807, 2.05) is 49.3 Å². The van der Waals surface area contributed by atoms with Crippen LogP contribution in [0.5, 0.6) is 0 Å². The molecule has 0 aromatic heterocycles. The number of aryl methyl sites for hydroxylation is 1. The summed E-state index contributed by atoms with van der Waals surface area (Å²) in [5.41, 5.74) is 1.41. The second kappa shape index (κ2) is 7.21. The van der Waals surface area contributed by atoms with E-state index in [9.17, 15) is 12.8 Å². The summed E-state index contributed by atoms with van der Waals surface area (Å²) in [5.74, 6) is -0.447. The molecule has 0 saturated heterocycles. The van der Waals surface area contributed by atoms with Gasteiger partial charge in [-0.05, 0) is 50.3 Å². The maximum Gasteiger partial charge on any atom is 0.240 e. The van der Waals surface area contributed by atoms with Crippen LogP contribution in [0.25, 0.3) is 0 Å². The van der Waals surface area contributed by atoms with Crippen LogP contribution >= 0.6 is 0 Å². The van der Waals surface area contributed by atoms with Crippen molar-refractivity contribution in [1.29, 1.82) is 0 Å². The monoisotopic (exact) mass is 336 g/mol. The molecule has 0 fully saturated rings. The molecule has 0 aliphatic heterocycles. The Labute approximate surface area is 137 Å². The topological polar surface area (TPSA) is 49.4 Å². The molecule has 0 radical (unpaired) electrons. The summed E-state index contributed by atoms with van der Waals surface area (Å²) in [6.07, 6.45) is 0. The highest BCUT2D eigenvalue weighted by Crippen LogP contribution is 2.20. The molecule has 2 aromatic carbocycles. The molecule has 0 saturated carbocycles. The summed E-state index contributed by atoms with van der Waals surface area (Å²) >= 11 is 0. The Morgan fingerprint density at radius 2 is 1.78 bits per heavy atom. The first-order valence-corrected chi connectivity index (χ1v) is 8.77. The van der Waals surface area contributed by atoms with Gasteiger partial charge in [0.15, 0.2) is 0 Å². The van der Waals surface area contributed by atoms with Crippen LogP contribution in [0.2, 0.25) is 0 Å². The van der Waals surface area contributed by atoms with Crippen LogP contribution in [0.4, 0.5) is 4.39 Å². The van der Waals surface area contributed by atoms with Gasteiger partial charge in [0.05, 0.1) is 4.90 Å². The zero-order valence-electron chi connectivity index (χ0n) is 13.5. The van der Waals surface area contributed by atoms with Gasteiger partial charge in [0.1, 0.15) is 5.82 Å². The van der Waals surface area contributed by atoms with Crippen molar-refractivity contribution < 1.29 is 12.8 Å². The summed E-state index contributed by atoms with van der Waals surface area (Å²) in [6.45, 7) is 1.81. The average Bonchev–Trinajstić information content (AvgIpc) is 2.47. The number of sulfonamides is 1. The van der Waals surface area contributed by atoms with Crippen molar-refractivity contribution in [3.63, 3.8) is 0 Å². The predicted octanol–water partition coefficient (Wildman–Crippen LogP) is 2.72. The fourth-order valence-corrected chi connectivity index (χ4v) is 3.72. The number of nitrogens with one attached hydrogen (secondary N) is 1. The van der Waals surface area contributed by atoms with Crippen molar-refractivity contribution in [3.8, 4) is 0 Å². The minimum atomic E-state index is -3.69. The van der Waals surface area contributed by atoms with Gasteiger partial charge in [0.25, 0.3) is 0 Å². The Morgan fingerprint density at radius 3 is 2.35 bits per heavy atom. The van der Waals surface area contributed by atoms with Crippen LogP contribution in [0, 0.1) is 12.7 Å². The highest BCUT2D eigenvalue weighted by Gasteiger charge is 2.21. The number of likely N-dealkylation sites (N-methyl/N-ethyl adjacent to an activating group) is 1. The summed E-state index contributed by atoms with van der Waals surface area (Å²) < 4.78 is 40.7. The Balaban J connectivity index is 2.20. The number of halogens is 1. The summed E-state index contributed by atoms with van der Waals surface area (Å²) in [5, 5.41) is 0. The van der Waals surface area contributed by atoms with E-state index in [0.29, 0.717) is 5.56 Å². The molecule has 6 heteroatoms. The predicted molar refractivity (Wildman–Crippen MR) is 89.2 cm³/mol. The summed E-state index contributed by atoms with van der Waals surface area (Å²) in [6, 6.07) is 13.3. The van der Waals surface area contributed by atoms with Crippen LogP contribution in [-0.2, 0) is 10.0 Å². The lowest BCUT2D eigenvalue weighted by Crippen LogP contribution is -2.34. The number of benzene rings is 2. The molecule has 0 heterocycles. The van der Waals surface area contributed by atoms with Crippen LogP contribution in [-0.4, -0.2) is 34.0 Å². The van der Waals surface area contributed by atoms with Crippen molar-refractivity contribution in [2.24, 2.45) is 0 Å². The lowest BCUT2D eigenvalue weighted by atomic mass is 10.1. The standard InChI is InChI=1S/C17H21FN2O2S/c1-13-11-15(18)9-10-17(13)23(21,22)19-12-16(20(2)3)14-7-5-4-6-8-14/h4-11,16,19H,12H2,1-3H3. The Morgan fingerprint density at radius 1 is 1.13 bits per heavy atom. The van der Waals surface area contributed by atoms with E-state index in [1.54, 1.807) is 6.92 Å². The van der Waals surface area contributed by atoms with Gasteiger partial charge in [-0.2, -0.15) is 0 Å². The van der Waals surface area contributed by atoms with Crippen molar-refractivity contribution in [1.82, 2.24) is 9.62 Å². The molecule has 2 rings (SSSR count). The van der Waals surface area contributed by atoms with E-state index in [4.69, 9.17) is 0 Å². The van der Waals surface area contributed by atoms with Crippen LogP contribution in [0.15, 0.2) is 53.4 Å². The molecule has 1 N–H and O–H groups in total. The van der Waals surface area contributed by atoms with E-state index < -0.39 is 15.8 Å². The molecule has 0 aliphatic rings. The number of hydrogen-bond donors (Lipinski definition) is 1. The third kappa shape index (κ3) is 4.37. The fourth-order valence-electron chi connectivity index (χ4n) is 2.45. The van der Waals surface area contributed by atoms with Gasteiger partial charge in [0.2, 0.25) is 10.0 Å². The van der Waals surface area contributed by atoms with Crippen LogP contribution in [0.3, 0.4) is 0 Å². The lowest BCUT2D eigenvalue weighted by molar-refractivity contribution is 0.299. The van der Waals surface area contributed by atoms with E-state index in [1.165, 1.54) is 12.1 Å². The largest absolute Gasteiger partial charge is 0.301 e. The molecule has 1 unspecified atom stereocenters. The first-order valence-electron chi connectivity index (χ1n) is 7.28. The molecule has 0 aliphatic carbocycles. The maximum absolute atomic E-state index is 13.2. The molecule has 1 atom stereocenters. The number of nitrogens with zero attached hydrogens (tertiary/aromatic N) is 1. The Bertz CT molecular complexity index is 761. The van der Waals surface area contributed by atoms with E-state index >= 15 is 0 Å². The smallest absolute Gasteiger partial charge is 0.240 e. The van der Waals surface area contributed by atoms with E-state index in [0.717, 1.165) is 11.6 Å². The van der Waals surface area contributed by atoms with Gasteiger partial charge in [-0.15, -0.1) is 0 Å². The van der Waals surface area contributed by atoms with Crippen molar-refractivity contribution in [2.45, 2.75) is 17.9 Å². The van der Waals surface area contributed by atoms with E-state index in [2.05, 4.69) is 4.72 Å². The second-order valence-corrected chi connectivity index (χ2v) is 7.39. The molecule has 0 spiro atoms. The van der Waals surface area contributed by atoms with Gasteiger partial charge >= 0.3 is 0 Å². The van der Waals surface area contributed by atoms with Gasteiger partial charge in [-0.3, -0.25) is 0 Å². The van der Waals surface area contributed by atoms with E-state index in [-0.39, 0.29) is 17.5 Å². The SMILES string of the molecule is Cc1cc(F)ccc1S(=O)(=O)NCC(c1ccccc1)N(C)C. The zero-order valence-corrected chi connectivity index (χ0v) is 14.3. The van der Waals surface area contributed by atoms with Gasteiger partial charge in [-0.1, -0.05) is 30.3 Å². The first kappa shape index (κ1) is 17.6. The highest BCUT2D eigenvalue weighted by molar-refractivity contribution is 7.89. The number of hydrogen-bond acceptors (Lipinski definition) is 3. The molecule has 2 aromatic rings. The minimum Gasteiger partial charge on any atom is -0.301 e. The molecule has 0 amide bonds. The highest BCUT2D eigenvalue weighted by atomic mass is 32.2. The lowest BCUT2D eigenvalue weighted by Gasteiger charge is -2.25. The van der Waals surface area contributed by atoms with Crippen LogP contribution < -0.4 is 4.72 Å². The maximum atomic E-state index is 13.2. The molecule has 124 valence electrons. The third-order valence-corrected chi connectivity index (χ3v) is 5.28. The first-order chi connectivity index (χ1) is 10.8. The fraction of sp³-hybridized carbons (Fsp3) is 0.294. The zero-order chi connectivity index (χ0) is 17.0. The second-order valence-electron chi connectivity index (χ2n) is 5.65. The normalized spacial score (nSPS) is 13.3. The third-order valence-electron chi connectivity index (χ3n) is 3.70. The van der Waals surface area contributed by atoms with Gasteiger partial charge in [0, 0.05) is 12.6 Å². The molecule has 0 bridgehead atoms. The van der Waals surface area contributed by atoms with Crippen molar-refractivity contribution >= 4 is 10.0 Å². The quantitative estimate of drug-likeness (QED) is 0.882. The van der Waals surface area contributed by atoms with Gasteiger partial charge in [-0.25, -0.2) is 17.5 Å². The van der Waals surface area contributed by atoms with Crippen LogP contribution in [0.1, 0.15) is 17.2 Å². The molecular formula is C17H21FN2O2S. The number of rotatable bonds is 6. The van der Waals surface area contributed by atoms with Crippen molar-refractivity contribution in [2.75, 3.05) is 20.6 Å². The Hall–Kier alpha value is -1.76. The van der Waals surface area contributed by atoms with Gasteiger partial charge < -0.3 is 4.90 Å². The minimum absolute atomic E-state index is 0.0910. The molecular weight excluding hydrogens is 315 g/mol. The molecule has 4 nitrogen and oxygen atoms in total. The Kier molecular flexibility index (Phi) is 5.51.